The number of methoxy groups -OCH3 is 1. The first kappa shape index (κ1) is 14.4. The number of ether oxygens (including phenoxy) is 1. The van der Waals surface area contributed by atoms with Crippen molar-refractivity contribution in [2.75, 3.05) is 7.11 Å². The molecular formula is C14H13N3O4. The van der Waals surface area contributed by atoms with Crippen LogP contribution in [0.2, 0.25) is 0 Å². The van der Waals surface area contributed by atoms with Crippen LogP contribution in [-0.4, -0.2) is 34.1 Å². The van der Waals surface area contributed by atoms with Crippen LogP contribution >= 0.6 is 0 Å². The zero-order valence-electron chi connectivity index (χ0n) is 11.2. The minimum atomic E-state index is -1.04. The number of amides is 1. The third-order valence-electron chi connectivity index (χ3n) is 2.70. The van der Waals surface area contributed by atoms with Crippen molar-refractivity contribution in [3.05, 3.63) is 53.5 Å². The number of carbonyl (C=O) groups is 2. The average Bonchev–Trinajstić information content (AvgIpc) is 2.52. The van der Waals surface area contributed by atoms with Gasteiger partial charge < -0.3 is 15.2 Å². The zero-order chi connectivity index (χ0) is 15.2. The van der Waals surface area contributed by atoms with E-state index in [1.807, 2.05) is 0 Å². The first-order chi connectivity index (χ1) is 10.1. The van der Waals surface area contributed by atoms with Crippen molar-refractivity contribution in [1.29, 1.82) is 0 Å². The smallest absolute Gasteiger partial charge is 0.335 e. The SMILES string of the molecule is COc1ncccc1C(=O)NCc1cc(C(=O)O)ccn1. The third-order valence-corrected chi connectivity index (χ3v) is 2.70. The van der Waals surface area contributed by atoms with Gasteiger partial charge in [-0.2, -0.15) is 0 Å². The summed E-state index contributed by atoms with van der Waals surface area (Å²) < 4.78 is 5.00. The maximum absolute atomic E-state index is 12.0. The van der Waals surface area contributed by atoms with Crippen LogP contribution in [-0.2, 0) is 6.54 Å². The number of aromatic carboxylic acids is 1. The Bertz CT molecular complexity index is 673. The number of carbonyl (C=O) groups excluding carboxylic acids is 1. The lowest BCUT2D eigenvalue weighted by atomic mass is 10.2. The molecule has 7 nitrogen and oxygen atoms in total. The van der Waals surface area contributed by atoms with Crippen LogP contribution in [0.3, 0.4) is 0 Å². The number of nitrogens with zero attached hydrogens (tertiary/aromatic N) is 2. The first-order valence-corrected chi connectivity index (χ1v) is 6.07. The molecule has 0 aromatic carbocycles. The molecule has 0 atom stereocenters. The summed E-state index contributed by atoms with van der Waals surface area (Å²) in [6.07, 6.45) is 2.91. The predicted molar refractivity (Wildman–Crippen MR) is 73.2 cm³/mol. The Morgan fingerprint density at radius 2 is 2.10 bits per heavy atom. The quantitative estimate of drug-likeness (QED) is 0.854. The Balaban J connectivity index is 2.07. The van der Waals surface area contributed by atoms with E-state index in [1.54, 1.807) is 12.1 Å². The van der Waals surface area contributed by atoms with Gasteiger partial charge in [0.2, 0.25) is 5.88 Å². The average molecular weight is 287 g/mol. The standard InChI is InChI=1S/C14H13N3O4/c1-21-13-11(3-2-5-16-13)12(18)17-8-10-7-9(14(19)20)4-6-15-10/h2-7H,8H2,1H3,(H,17,18)(H,19,20). The van der Waals surface area contributed by atoms with Gasteiger partial charge >= 0.3 is 5.97 Å². The van der Waals surface area contributed by atoms with Crippen molar-refractivity contribution in [1.82, 2.24) is 15.3 Å². The van der Waals surface area contributed by atoms with Gasteiger partial charge in [-0.15, -0.1) is 0 Å². The van der Waals surface area contributed by atoms with E-state index in [0.717, 1.165) is 0 Å². The van der Waals surface area contributed by atoms with Gasteiger partial charge in [-0.05, 0) is 24.3 Å². The van der Waals surface area contributed by atoms with Crippen LogP contribution in [0.5, 0.6) is 5.88 Å². The molecule has 7 heteroatoms. The fourth-order valence-electron chi connectivity index (χ4n) is 1.70. The lowest BCUT2D eigenvalue weighted by molar-refractivity contribution is 0.0696. The van der Waals surface area contributed by atoms with E-state index in [0.29, 0.717) is 11.3 Å². The lowest BCUT2D eigenvalue weighted by Crippen LogP contribution is -2.24. The molecular weight excluding hydrogens is 274 g/mol. The van der Waals surface area contributed by atoms with Gasteiger partial charge in [0.05, 0.1) is 24.9 Å². The minimum absolute atomic E-state index is 0.109. The summed E-state index contributed by atoms with van der Waals surface area (Å²) >= 11 is 0. The van der Waals surface area contributed by atoms with Gasteiger partial charge in [-0.25, -0.2) is 9.78 Å². The van der Waals surface area contributed by atoms with Gasteiger partial charge in [-0.3, -0.25) is 9.78 Å². The van der Waals surface area contributed by atoms with Crippen molar-refractivity contribution < 1.29 is 19.4 Å². The number of nitrogens with one attached hydrogen (secondary N) is 1. The second-order valence-corrected chi connectivity index (χ2v) is 4.08. The second-order valence-electron chi connectivity index (χ2n) is 4.08. The van der Waals surface area contributed by atoms with Crippen LogP contribution in [0, 0.1) is 0 Å². The maximum Gasteiger partial charge on any atom is 0.335 e. The van der Waals surface area contributed by atoms with Crippen LogP contribution in [0.15, 0.2) is 36.7 Å². The van der Waals surface area contributed by atoms with E-state index in [2.05, 4.69) is 15.3 Å². The van der Waals surface area contributed by atoms with Gasteiger partial charge in [0.15, 0.2) is 0 Å². The molecule has 1 amide bonds. The van der Waals surface area contributed by atoms with Crippen molar-refractivity contribution >= 4 is 11.9 Å². The molecule has 0 saturated carbocycles. The topological polar surface area (TPSA) is 101 Å². The predicted octanol–water partition coefficient (Wildman–Crippen LogP) is 1.11. The highest BCUT2D eigenvalue weighted by Gasteiger charge is 2.13. The van der Waals surface area contributed by atoms with E-state index in [-0.39, 0.29) is 23.9 Å². The molecule has 0 aliphatic rings. The summed E-state index contributed by atoms with van der Waals surface area (Å²) in [5.41, 5.74) is 0.869. The van der Waals surface area contributed by atoms with Gasteiger partial charge in [0, 0.05) is 12.4 Å². The Hall–Kier alpha value is -2.96. The summed E-state index contributed by atoms with van der Waals surface area (Å²) in [6.45, 7) is 0.109. The summed E-state index contributed by atoms with van der Waals surface area (Å²) in [7, 11) is 1.43. The van der Waals surface area contributed by atoms with Crippen LogP contribution < -0.4 is 10.1 Å². The second kappa shape index (κ2) is 6.47. The molecule has 0 aliphatic carbocycles. The summed E-state index contributed by atoms with van der Waals surface area (Å²) in [6, 6.07) is 6.00. The molecule has 108 valence electrons. The molecule has 2 heterocycles. The summed E-state index contributed by atoms with van der Waals surface area (Å²) in [4.78, 5) is 30.8. The van der Waals surface area contributed by atoms with Gasteiger partial charge in [-0.1, -0.05) is 0 Å². The molecule has 2 N–H and O–H groups in total. The molecule has 0 spiro atoms. The summed E-state index contributed by atoms with van der Waals surface area (Å²) in [5, 5.41) is 11.5. The van der Waals surface area contributed by atoms with E-state index < -0.39 is 5.97 Å². The normalized spacial score (nSPS) is 9.95. The molecule has 2 aromatic heterocycles. The van der Waals surface area contributed by atoms with Crippen LogP contribution in [0.1, 0.15) is 26.4 Å². The molecule has 0 bridgehead atoms. The van der Waals surface area contributed by atoms with E-state index in [4.69, 9.17) is 9.84 Å². The number of pyridine rings is 2. The van der Waals surface area contributed by atoms with E-state index >= 15 is 0 Å². The summed E-state index contributed by atoms with van der Waals surface area (Å²) in [5.74, 6) is -1.19. The lowest BCUT2D eigenvalue weighted by Gasteiger charge is -2.08. The zero-order valence-corrected chi connectivity index (χ0v) is 11.2. The van der Waals surface area contributed by atoms with Crippen molar-refractivity contribution in [3.63, 3.8) is 0 Å². The van der Waals surface area contributed by atoms with Crippen LogP contribution in [0.4, 0.5) is 0 Å². The van der Waals surface area contributed by atoms with Gasteiger partial charge in [0.1, 0.15) is 5.56 Å². The van der Waals surface area contributed by atoms with Crippen molar-refractivity contribution in [2.24, 2.45) is 0 Å². The monoisotopic (exact) mass is 287 g/mol. The fraction of sp³-hybridized carbons (Fsp3) is 0.143. The number of rotatable bonds is 5. The highest BCUT2D eigenvalue weighted by Crippen LogP contribution is 2.13. The molecule has 0 unspecified atom stereocenters. The maximum atomic E-state index is 12.0. The van der Waals surface area contributed by atoms with E-state index in [9.17, 15) is 9.59 Å². The Kier molecular flexibility index (Phi) is 4.45. The number of hydrogen-bond acceptors (Lipinski definition) is 5. The molecule has 0 aliphatic heterocycles. The Morgan fingerprint density at radius 3 is 2.81 bits per heavy atom. The highest BCUT2D eigenvalue weighted by atomic mass is 16.5. The highest BCUT2D eigenvalue weighted by molar-refractivity contribution is 5.96. The Labute approximate surface area is 120 Å². The fourth-order valence-corrected chi connectivity index (χ4v) is 1.70. The molecule has 0 fully saturated rings. The van der Waals surface area contributed by atoms with Gasteiger partial charge in [0.25, 0.3) is 5.91 Å². The number of carboxylic acids is 1. The number of carboxylic acid groups (broad SMARTS) is 1. The number of aromatic nitrogens is 2. The third kappa shape index (κ3) is 3.53. The minimum Gasteiger partial charge on any atom is -0.480 e. The Morgan fingerprint density at radius 1 is 1.29 bits per heavy atom. The first-order valence-electron chi connectivity index (χ1n) is 6.07. The largest absolute Gasteiger partial charge is 0.480 e. The molecule has 2 aromatic rings. The van der Waals surface area contributed by atoms with Crippen molar-refractivity contribution in [2.45, 2.75) is 6.54 Å². The molecule has 2 rings (SSSR count). The van der Waals surface area contributed by atoms with Crippen LogP contribution in [0.25, 0.3) is 0 Å². The number of hydrogen-bond donors (Lipinski definition) is 2. The molecule has 21 heavy (non-hydrogen) atoms. The van der Waals surface area contributed by atoms with E-state index in [1.165, 1.54) is 31.6 Å². The van der Waals surface area contributed by atoms with Crippen molar-refractivity contribution in [3.8, 4) is 5.88 Å². The molecule has 0 radical (unpaired) electrons. The molecule has 0 saturated heterocycles.